The Kier molecular flexibility index (Phi) is 4.40. The maximum absolute atomic E-state index is 11.9. The van der Waals surface area contributed by atoms with E-state index >= 15 is 0 Å². The van der Waals surface area contributed by atoms with Gasteiger partial charge in [-0.05, 0) is 30.0 Å². The molecule has 0 fully saturated rings. The Morgan fingerprint density at radius 1 is 1.36 bits per heavy atom. The van der Waals surface area contributed by atoms with Crippen LogP contribution in [0.3, 0.4) is 0 Å². The number of esters is 2. The van der Waals surface area contributed by atoms with Crippen LogP contribution in [0.5, 0.6) is 0 Å². The highest BCUT2D eigenvalue weighted by atomic mass is 16.5. The van der Waals surface area contributed by atoms with E-state index in [1.54, 1.807) is 6.92 Å². The molecule has 1 aliphatic carbocycles. The van der Waals surface area contributed by atoms with Gasteiger partial charge in [0.25, 0.3) is 0 Å². The van der Waals surface area contributed by atoms with Crippen LogP contribution in [0.1, 0.15) is 43.6 Å². The van der Waals surface area contributed by atoms with Crippen molar-refractivity contribution in [3.05, 3.63) is 47.0 Å². The number of ether oxygens (including phenoxy) is 2. The van der Waals surface area contributed by atoms with Crippen LogP contribution in [0, 0.1) is 5.41 Å². The first-order chi connectivity index (χ1) is 10.2. The third-order valence-electron chi connectivity index (χ3n) is 4.00. The van der Waals surface area contributed by atoms with Crippen LogP contribution in [-0.4, -0.2) is 19.0 Å². The number of carbonyl (C=O) groups is 2. The highest BCUT2D eigenvalue weighted by molar-refractivity contribution is 5.87. The summed E-state index contributed by atoms with van der Waals surface area (Å²) in [7, 11) is 1.38. The molecule has 0 spiro atoms. The molecule has 1 aromatic rings. The summed E-state index contributed by atoms with van der Waals surface area (Å²) >= 11 is 0. The maximum Gasteiger partial charge on any atom is 0.333 e. The van der Waals surface area contributed by atoms with Gasteiger partial charge in [-0.3, -0.25) is 4.79 Å². The van der Waals surface area contributed by atoms with Crippen molar-refractivity contribution >= 4 is 11.9 Å². The summed E-state index contributed by atoms with van der Waals surface area (Å²) < 4.78 is 10.3. The summed E-state index contributed by atoms with van der Waals surface area (Å²) in [5.41, 5.74) is 3.25. The summed E-state index contributed by atoms with van der Waals surface area (Å²) in [4.78, 5) is 23.3. The molecular weight excluding hydrogens is 280 g/mol. The molecule has 0 saturated heterocycles. The van der Waals surface area contributed by atoms with Crippen molar-refractivity contribution in [3.8, 4) is 0 Å². The number of benzene rings is 1. The molecule has 0 bridgehead atoms. The lowest BCUT2D eigenvalue weighted by Gasteiger charge is -2.27. The van der Waals surface area contributed by atoms with E-state index in [4.69, 9.17) is 9.47 Å². The van der Waals surface area contributed by atoms with E-state index in [0.29, 0.717) is 5.57 Å². The number of methoxy groups -OCH3 is 1. The summed E-state index contributed by atoms with van der Waals surface area (Å²) in [6.45, 7) is 9.42. The Morgan fingerprint density at radius 2 is 2.05 bits per heavy atom. The van der Waals surface area contributed by atoms with Crippen molar-refractivity contribution < 1.29 is 19.1 Å². The molecule has 4 heteroatoms. The van der Waals surface area contributed by atoms with Crippen LogP contribution < -0.4 is 0 Å². The lowest BCUT2D eigenvalue weighted by Crippen LogP contribution is -2.23. The average Bonchev–Trinajstić information content (AvgIpc) is 2.68. The minimum absolute atomic E-state index is 0.183. The molecule has 1 atom stereocenters. The van der Waals surface area contributed by atoms with Gasteiger partial charge in [0.05, 0.1) is 13.5 Å². The Bertz CT molecular complexity index is 628. The van der Waals surface area contributed by atoms with E-state index in [1.807, 2.05) is 18.2 Å². The molecule has 0 amide bonds. The second kappa shape index (κ2) is 5.95. The summed E-state index contributed by atoms with van der Waals surface area (Å²) in [6, 6.07) is 5.83. The third kappa shape index (κ3) is 3.21. The maximum atomic E-state index is 11.9. The molecule has 1 aromatic carbocycles. The van der Waals surface area contributed by atoms with Gasteiger partial charge in [-0.25, -0.2) is 4.79 Å². The molecular formula is C18H22O4. The lowest BCUT2D eigenvalue weighted by molar-refractivity contribution is -0.150. The zero-order chi connectivity index (χ0) is 16.5. The molecule has 0 radical (unpaired) electrons. The molecule has 0 N–H and O–H groups in total. The SMILES string of the molecule is C=C(C)C(=O)OC1c2ccc(CC(=O)OC)cc2CC1(C)C. The zero-order valence-corrected chi connectivity index (χ0v) is 13.6. The molecule has 118 valence electrons. The molecule has 1 aliphatic rings. The fourth-order valence-electron chi connectivity index (χ4n) is 2.85. The number of fused-ring (bicyclic) bond motifs is 1. The van der Waals surface area contributed by atoms with Gasteiger partial charge >= 0.3 is 11.9 Å². The number of hydrogen-bond acceptors (Lipinski definition) is 4. The third-order valence-corrected chi connectivity index (χ3v) is 4.00. The molecule has 22 heavy (non-hydrogen) atoms. The van der Waals surface area contributed by atoms with Gasteiger partial charge in [0.15, 0.2) is 0 Å². The van der Waals surface area contributed by atoms with Crippen LogP contribution in [0.15, 0.2) is 30.4 Å². The topological polar surface area (TPSA) is 52.6 Å². The molecule has 0 aromatic heterocycles. The van der Waals surface area contributed by atoms with E-state index in [9.17, 15) is 9.59 Å². The molecule has 0 aliphatic heterocycles. The van der Waals surface area contributed by atoms with E-state index in [0.717, 1.165) is 23.1 Å². The quantitative estimate of drug-likeness (QED) is 0.633. The Morgan fingerprint density at radius 3 is 2.64 bits per heavy atom. The van der Waals surface area contributed by atoms with Crippen LogP contribution in [-0.2, 0) is 31.9 Å². The number of carbonyl (C=O) groups excluding carboxylic acids is 2. The standard InChI is InChI=1S/C18H22O4/c1-11(2)17(20)22-16-14-7-6-12(9-15(19)21-5)8-13(14)10-18(16,3)4/h6-8,16H,1,9-10H2,2-5H3. The fourth-order valence-corrected chi connectivity index (χ4v) is 2.85. The Hall–Kier alpha value is -2.10. The van der Waals surface area contributed by atoms with Crippen LogP contribution in [0.25, 0.3) is 0 Å². The molecule has 0 saturated carbocycles. The first-order valence-electron chi connectivity index (χ1n) is 7.29. The van der Waals surface area contributed by atoms with Gasteiger partial charge in [0.1, 0.15) is 6.10 Å². The van der Waals surface area contributed by atoms with Gasteiger partial charge in [-0.15, -0.1) is 0 Å². The highest BCUT2D eigenvalue weighted by Crippen LogP contribution is 2.47. The number of rotatable bonds is 4. The van der Waals surface area contributed by atoms with Crippen molar-refractivity contribution in [2.45, 2.75) is 39.7 Å². The van der Waals surface area contributed by atoms with Crippen molar-refractivity contribution in [1.29, 1.82) is 0 Å². The minimum atomic E-state index is -0.371. The van der Waals surface area contributed by atoms with Crippen LogP contribution in [0.2, 0.25) is 0 Å². The zero-order valence-electron chi connectivity index (χ0n) is 13.6. The molecule has 1 unspecified atom stereocenters. The van der Waals surface area contributed by atoms with Gasteiger partial charge in [0, 0.05) is 11.0 Å². The Balaban J connectivity index is 2.28. The van der Waals surface area contributed by atoms with Gasteiger partial charge in [-0.1, -0.05) is 38.6 Å². The second-order valence-corrected chi connectivity index (χ2v) is 6.52. The van der Waals surface area contributed by atoms with Crippen LogP contribution in [0.4, 0.5) is 0 Å². The lowest BCUT2D eigenvalue weighted by atomic mass is 9.87. The minimum Gasteiger partial charge on any atom is -0.469 e. The predicted molar refractivity (Wildman–Crippen MR) is 83.3 cm³/mol. The molecule has 2 rings (SSSR count). The van der Waals surface area contributed by atoms with Crippen molar-refractivity contribution in [2.75, 3.05) is 7.11 Å². The molecule has 0 heterocycles. The summed E-state index contributed by atoms with van der Waals surface area (Å²) in [5, 5.41) is 0. The Labute approximate surface area is 131 Å². The summed E-state index contributed by atoms with van der Waals surface area (Å²) in [5.74, 6) is -0.632. The van der Waals surface area contributed by atoms with E-state index in [-0.39, 0.29) is 29.9 Å². The summed E-state index contributed by atoms with van der Waals surface area (Å²) in [6.07, 6.45) is 0.755. The van der Waals surface area contributed by atoms with E-state index in [1.165, 1.54) is 7.11 Å². The largest absolute Gasteiger partial charge is 0.469 e. The van der Waals surface area contributed by atoms with Crippen molar-refractivity contribution in [1.82, 2.24) is 0 Å². The van der Waals surface area contributed by atoms with Gasteiger partial charge in [0.2, 0.25) is 0 Å². The average molecular weight is 302 g/mol. The van der Waals surface area contributed by atoms with Gasteiger partial charge < -0.3 is 9.47 Å². The first-order valence-corrected chi connectivity index (χ1v) is 7.29. The van der Waals surface area contributed by atoms with Crippen molar-refractivity contribution in [3.63, 3.8) is 0 Å². The fraction of sp³-hybridized carbons (Fsp3) is 0.444. The van der Waals surface area contributed by atoms with Crippen LogP contribution >= 0.6 is 0 Å². The highest BCUT2D eigenvalue weighted by Gasteiger charge is 2.41. The number of hydrogen-bond donors (Lipinski definition) is 0. The van der Waals surface area contributed by atoms with E-state index < -0.39 is 0 Å². The van der Waals surface area contributed by atoms with Crippen molar-refractivity contribution in [2.24, 2.45) is 5.41 Å². The molecule has 4 nitrogen and oxygen atoms in total. The first kappa shape index (κ1) is 16.3. The smallest absolute Gasteiger partial charge is 0.333 e. The monoisotopic (exact) mass is 302 g/mol. The predicted octanol–water partition coefficient (Wildman–Crippen LogP) is 3.14. The second-order valence-electron chi connectivity index (χ2n) is 6.52. The van der Waals surface area contributed by atoms with E-state index in [2.05, 4.69) is 20.4 Å². The normalized spacial score (nSPS) is 18.5. The van der Waals surface area contributed by atoms with Gasteiger partial charge in [-0.2, -0.15) is 0 Å².